The summed E-state index contributed by atoms with van der Waals surface area (Å²) in [6, 6.07) is 1.27. The van der Waals surface area contributed by atoms with Crippen LogP contribution in [0, 0.1) is 0 Å². The largest absolute Gasteiger partial charge is 0.418 e. The summed E-state index contributed by atoms with van der Waals surface area (Å²) >= 11 is 0. The quantitative estimate of drug-likeness (QED) is 0.665. The Kier molecular flexibility index (Phi) is 5.25. The molecule has 1 rings (SSSR count). The molecule has 1 saturated heterocycles. The summed E-state index contributed by atoms with van der Waals surface area (Å²) in [5.41, 5.74) is 0. The van der Waals surface area contributed by atoms with Gasteiger partial charge in [-0.1, -0.05) is 0 Å². The van der Waals surface area contributed by atoms with Gasteiger partial charge < -0.3 is 14.2 Å². The summed E-state index contributed by atoms with van der Waals surface area (Å²) in [5.74, 6) is 0. The van der Waals surface area contributed by atoms with Gasteiger partial charge in [0.1, 0.15) is 0 Å². The topological polar surface area (TPSA) is 15.7 Å². The van der Waals surface area contributed by atoms with Crippen molar-refractivity contribution >= 4 is 8.32 Å². The molecule has 4 heteroatoms. The molecule has 0 bridgehead atoms. The summed E-state index contributed by atoms with van der Waals surface area (Å²) in [5, 5.41) is 0. The zero-order valence-electron chi connectivity index (χ0n) is 10.8. The van der Waals surface area contributed by atoms with Gasteiger partial charge >= 0.3 is 0 Å². The predicted octanol–water partition coefficient (Wildman–Crippen LogP) is 1.48. The second kappa shape index (κ2) is 5.99. The Morgan fingerprint density at radius 3 is 2.27 bits per heavy atom. The van der Waals surface area contributed by atoms with E-state index >= 15 is 0 Å². The molecule has 1 heterocycles. The maximum atomic E-state index is 5.84. The molecular formula is C11H26N2OSi. The lowest BCUT2D eigenvalue weighted by Gasteiger charge is -2.34. The summed E-state index contributed by atoms with van der Waals surface area (Å²) in [6.45, 7) is 13.8. The van der Waals surface area contributed by atoms with E-state index in [4.69, 9.17) is 4.43 Å². The van der Waals surface area contributed by atoms with Crippen LogP contribution in [0.15, 0.2) is 0 Å². The first-order valence-corrected chi connectivity index (χ1v) is 9.20. The van der Waals surface area contributed by atoms with E-state index < -0.39 is 8.32 Å². The van der Waals surface area contributed by atoms with Gasteiger partial charge in [0, 0.05) is 32.8 Å². The van der Waals surface area contributed by atoms with E-state index in [0.717, 1.165) is 6.61 Å². The normalized spacial score (nSPS) is 20.8. The number of piperazine rings is 1. The number of hydrogen-bond acceptors (Lipinski definition) is 3. The van der Waals surface area contributed by atoms with Crippen LogP contribution in [0.3, 0.4) is 0 Å². The number of nitrogens with zero attached hydrogens (tertiary/aromatic N) is 2. The van der Waals surface area contributed by atoms with Crippen LogP contribution in [-0.2, 0) is 4.43 Å². The van der Waals surface area contributed by atoms with Gasteiger partial charge in [0.15, 0.2) is 8.32 Å². The zero-order chi connectivity index (χ0) is 11.3. The summed E-state index contributed by atoms with van der Waals surface area (Å²) in [7, 11) is 0.845. The van der Waals surface area contributed by atoms with E-state index in [1.165, 1.54) is 38.8 Å². The molecule has 90 valence electrons. The lowest BCUT2D eigenvalue weighted by atomic mass is 10.3. The summed E-state index contributed by atoms with van der Waals surface area (Å²) < 4.78 is 5.84. The zero-order valence-corrected chi connectivity index (χ0v) is 11.8. The SMILES string of the molecule is CCO[Si](C)(C)CCN1CCN(C)CC1. The number of rotatable bonds is 5. The maximum Gasteiger partial charge on any atom is 0.187 e. The Morgan fingerprint density at radius 2 is 1.73 bits per heavy atom. The van der Waals surface area contributed by atoms with Crippen molar-refractivity contribution in [2.24, 2.45) is 0 Å². The third-order valence-electron chi connectivity index (χ3n) is 3.16. The Bertz CT molecular complexity index is 179. The molecule has 0 N–H and O–H groups in total. The van der Waals surface area contributed by atoms with Crippen molar-refractivity contribution in [3.63, 3.8) is 0 Å². The summed E-state index contributed by atoms with van der Waals surface area (Å²) in [6.07, 6.45) is 0. The average Bonchev–Trinajstić information content (AvgIpc) is 2.17. The molecule has 0 saturated carbocycles. The van der Waals surface area contributed by atoms with Crippen molar-refractivity contribution < 1.29 is 4.43 Å². The van der Waals surface area contributed by atoms with E-state index in [9.17, 15) is 0 Å². The van der Waals surface area contributed by atoms with Crippen LogP contribution in [-0.4, -0.2) is 64.5 Å². The lowest BCUT2D eigenvalue weighted by molar-refractivity contribution is 0.158. The minimum atomic E-state index is -1.36. The standard InChI is InChI=1S/C11H26N2OSi/c1-5-14-15(3,4)11-10-13-8-6-12(2)7-9-13/h5-11H2,1-4H3. The molecule has 3 nitrogen and oxygen atoms in total. The highest BCUT2D eigenvalue weighted by atomic mass is 28.4. The molecule has 0 amide bonds. The molecule has 0 aromatic heterocycles. The highest BCUT2D eigenvalue weighted by Crippen LogP contribution is 2.12. The van der Waals surface area contributed by atoms with Crippen LogP contribution in [0.5, 0.6) is 0 Å². The molecule has 0 aromatic rings. The van der Waals surface area contributed by atoms with Crippen LogP contribution < -0.4 is 0 Å². The van der Waals surface area contributed by atoms with E-state index in [-0.39, 0.29) is 0 Å². The van der Waals surface area contributed by atoms with Gasteiger partial charge in [0.25, 0.3) is 0 Å². The number of likely N-dealkylation sites (N-methyl/N-ethyl adjacent to an activating group) is 1. The third-order valence-corrected chi connectivity index (χ3v) is 5.66. The monoisotopic (exact) mass is 230 g/mol. The minimum absolute atomic E-state index is 0.877. The average molecular weight is 230 g/mol. The van der Waals surface area contributed by atoms with Gasteiger partial charge in [-0.3, -0.25) is 0 Å². The Balaban J connectivity index is 2.19. The molecule has 1 aliphatic rings. The van der Waals surface area contributed by atoms with Gasteiger partial charge in [-0.2, -0.15) is 0 Å². The highest BCUT2D eigenvalue weighted by molar-refractivity contribution is 6.71. The second-order valence-electron chi connectivity index (χ2n) is 5.09. The third kappa shape index (κ3) is 5.11. The molecular weight excluding hydrogens is 204 g/mol. The van der Waals surface area contributed by atoms with Crippen LogP contribution in [0.4, 0.5) is 0 Å². The Labute approximate surface area is 95.5 Å². The molecule has 1 aliphatic heterocycles. The van der Waals surface area contributed by atoms with Gasteiger partial charge in [-0.25, -0.2) is 0 Å². The smallest absolute Gasteiger partial charge is 0.187 e. The van der Waals surface area contributed by atoms with Crippen molar-refractivity contribution in [3.05, 3.63) is 0 Å². The lowest BCUT2D eigenvalue weighted by Crippen LogP contribution is -2.46. The van der Waals surface area contributed by atoms with Crippen LogP contribution in [0.25, 0.3) is 0 Å². The highest BCUT2D eigenvalue weighted by Gasteiger charge is 2.23. The molecule has 0 spiro atoms. The van der Waals surface area contributed by atoms with Crippen molar-refractivity contribution in [1.82, 2.24) is 9.80 Å². The summed E-state index contributed by atoms with van der Waals surface area (Å²) in [4.78, 5) is 4.98. The van der Waals surface area contributed by atoms with Crippen LogP contribution in [0.1, 0.15) is 6.92 Å². The van der Waals surface area contributed by atoms with Crippen molar-refractivity contribution in [1.29, 1.82) is 0 Å². The maximum absolute atomic E-state index is 5.84. The number of hydrogen-bond donors (Lipinski definition) is 0. The first-order chi connectivity index (χ1) is 7.03. The Hall–Kier alpha value is 0.0969. The fraction of sp³-hybridized carbons (Fsp3) is 1.00. The molecule has 0 aromatic carbocycles. The molecule has 0 aliphatic carbocycles. The van der Waals surface area contributed by atoms with Crippen molar-refractivity contribution in [3.8, 4) is 0 Å². The predicted molar refractivity (Wildman–Crippen MR) is 67.9 cm³/mol. The minimum Gasteiger partial charge on any atom is -0.418 e. The van der Waals surface area contributed by atoms with Crippen molar-refractivity contribution in [2.75, 3.05) is 46.4 Å². The fourth-order valence-electron chi connectivity index (χ4n) is 1.96. The fourth-order valence-corrected chi connectivity index (χ4v) is 3.74. The Morgan fingerprint density at radius 1 is 1.13 bits per heavy atom. The second-order valence-corrected chi connectivity index (χ2v) is 9.40. The van der Waals surface area contributed by atoms with Gasteiger partial charge in [-0.15, -0.1) is 0 Å². The van der Waals surface area contributed by atoms with Gasteiger partial charge in [0.05, 0.1) is 0 Å². The molecule has 15 heavy (non-hydrogen) atoms. The first-order valence-electron chi connectivity index (χ1n) is 6.08. The van der Waals surface area contributed by atoms with E-state index in [0.29, 0.717) is 0 Å². The van der Waals surface area contributed by atoms with E-state index in [1.54, 1.807) is 0 Å². The van der Waals surface area contributed by atoms with Crippen molar-refractivity contribution in [2.45, 2.75) is 26.1 Å². The van der Waals surface area contributed by atoms with Gasteiger partial charge in [0.2, 0.25) is 0 Å². The molecule has 0 radical (unpaired) electrons. The molecule has 0 unspecified atom stereocenters. The van der Waals surface area contributed by atoms with Gasteiger partial charge in [-0.05, 0) is 39.7 Å². The van der Waals surface area contributed by atoms with E-state index in [2.05, 4.69) is 36.9 Å². The van der Waals surface area contributed by atoms with Crippen LogP contribution >= 0.6 is 0 Å². The molecule has 1 fully saturated rings. The van der Waals surface area contributed by atoms with E-state index in [1.807, 2.05) is 0 Å². The molecule has 0 atom stereocenters. The van der Waals surface area contributed by atoms with Crippen LogP contribution in [0.2, 0.25) is 19.1 Å². The first kappa shape index (κ1) is 13.2.